The molecule has 1 aliphatic heterocycles. The maximum Gasteiger partial charge on any atom is 0.0623 e. The predicted octanol–water partition coefficient (Wildman–Crippen LogP) is 2.80. The van der Waals surface area contributed by atoms with Crippen molar-refractivity contribution in [2.75, 3.05) is 12.9 Å². The van der Waals surface area contributed by atoms with Crippen molar-refractivity contribution in [2.24, 2.45) is 5.73 Å². The van der Waals surface area contributed by atoms with E-state index >= 15 is 0 Å². The number of thioether (sulfide) groups is 1. The van der Waals surface area contributed by atoms with Crippen molar-refractivity contribution in [1.82, 2.24) is 0 Å². The summed E-state index contributed by atoms with van der Waals surface area (Å²) in [6, 6.07) is 0.352. The smallest absolute Gasteiger partial charge is 0.0623 e. The second kappa shape index (κ2) is 6.12. The minimum atomic E-state index is -0.0169. The molecule has 90 valence electrons. The lowest BCUT2D eigenvalue weighted by molar-refractivity contribution is 0.0124. The van der Waals surface area contributed by atoms with Gasteiger partial charge in [0.15, 0.2) is 0 Å². The Morgan fingerprint density at radius 2 is 2.20 bits per heavy atom. The normalized spacial score (nSPS) is 25.2. The minimum absolute atomic E-state index is 0.0169. The SMILES string of the molecule is COC(C)(C)CCC(N)C1CCCCS1. The van der Waals surface area contributed by atoms with Crippen LogP contribution in [0.2, 0.25) is 0 Å². The molecule has 0 aliphatic carbocycles. The number of methoxy groups -OCH3 is 1. The molecule has 1 aliphatic rings. The Balaban J connectivity index is 2.25. The average Bonchev–Trinajstić information content (AvgIpc) is 2.27. The van der Waals surface area contributed by atoms with Crippen molar-refractivity contribution in [3.05, 3.63) is 0 Å². The van der Waals surface area contributed by atoms with Gasteiger partial charge in [-0.05, 0) is 45.3 Å². The van der Waals surface area contributed by atoms with Gasteiger partial charge in [0.1, 0.15) is 0 Å². The molecule has 2 nitrogen and oxygen atoms in total. The molecule has 0 aromatic carbocycles. The Kier molecular flexibility index (Phi) is 5.44. The molecule has 1 heterocycles. The summed E-state index contributed by atoms with van der Waals surface area (Å²) in [5.74, 6) is 1.30. The molecule has 0 radical (unpaired) electrons. The molecule has 0 amide bonds. The van der Waals surface area contributed by atoms with Gasteiger partial charge in [-0.25, -0.2) is 0 Å². The van der Waals surface area contributed by atoms with Gasteiger partial charge in [-0.2, -0.15) is 11.8 Å². The minimum Gasteiger partial charge on any atom is -0.379 e. The number of ether oxygens (including phenoxy) is 1. The maximum absolute atomic E-state index is 6.23. The molecule has 0 bridgehead atoms. The van der Waals surface area contributed by atoms with E-state index in [1.165, 1.54) is 25.0 Å². The van der Waals surface area contributed by atoms with Crippen LogP contribution in [0, 0.1) is 0 Å². The molecular formula is C12H25NOS. The van der Waals surface area contributed by atoms with E-state index in [9.17, 15) is 0 Å². The highest BCUT2D eigenvalue weighted by Gasteiger charge is 2.24. The lowest BCUT2D eigenvalue weighted by atomic mass is 9.96. The molecule has 0 spiro atoms. The quantitative estimate of drug-likeness (QED) is 0.790. The first-order chi connectivity index (χ1) is 7.05. The summed E-state index contributed by atoms with van der Waals surface area (Å²) < 4.78 is 5.41. The van der Waals surface area contributed by atoms with Crippen LogP contribution in [0.4, 0.5) is 0 Å². The molecular weight excluding hydrogens is 206 g/mol. The van der Waals surface area contributed by atoms with Gasteiger partial charge in [0.05, 0.1) is 5.60 Å². The van der Waals surface area contributed by atoms with Crippen molar-refractivity contribution in [3.8, 4) is 0 Å². The lowest BCUT2D eigenvalue weighted by Crippen LogP contribution is -2.36. The van der Waals surface area contributed by atoms with Gasteiger partial charge in [0, 0.05) is 18.4 Å². The molecule has 2 atom stereocenters. The van der Waals surface area contributed by atoms with E-state index in [2.05, 4.69) is 25.6 Å². The van der Waals surface area contributed by atoms with Crippen LogP contribution < -0.4 is 5.73 Å². The molecule has 15 heavy (non-hydrogen) atoms. The second-order valence-electron chi connectivity index (χ2n) is 5.07. The second-order valence-corrected chi connectivity index (χ2v) is 6.42. The number of rotatable bonds is 5. The third-order valence-corrected chi connectivity index (χ3v) is 4.86. The Hall–Kier alpha value is 0.270. The summed E-state index contributed by atoms with van der Waals surface area (Å²) in [6.07, 6.45) is 6.18. The number of hydrogen-bond donors (Lipinski definition) is 1. The van der Waals surface area contributed by atoms with Gasteiger partial charge >= 0.3 is 0 Å². The molecule has 1 fully saturated rings. The van der Waals surface area contributed by atoms with Crippen LogP contribution in [-0.4, -0.2) is 29.8 Å². The summed E-state index contributed by atoms with van der Waals surface area (Å²) in [5.41, 5.74) is 6.22. The molecule has 3 heteroatoms. The van der Waals surface area contributed by atoms with Gasteiger partial charge in [-0.15, -0.1) is 0 Å². The molecule has 0 saturated carbocycles. The maximum atomic E-state index is 6.23. The molecule has 2 N–H and O–H groups in total. The van der Waals surface area contributed by atoms with Crippen LogP contribution in [-0.2, 0) is 4.74 Å². The van der Waals surface area contributed by atoms with Gasteiger partial charge < -0.3 is 10.5 Å². The van der Waals surface area contributed by atoms with E-state index < -0.39 is 0 Å². The van der Waals surface area contributed by atoms with E-state index in [0.29, 0.717) is 11.3 Å². The number of nitrogens with two attached hydrogens (primary N) is 1. The van der Waals surface area contributed by atoms with Crippen molar-refractivity contribution >= 4 is 11.8 Å². The summed E-state index contributed by atoms with van der Waals surface area (Å²) >= 11 is 2.06. The van der Waals surface area contributed by atoms with E-state index in [1.807, 2.05) is 0 Å². The largest absolute Gasteiger partial charge is 0.379 e. The Morgan fingerprint density at radius 3 is 2.73 bits per heavy atom. The first-order valence-electron chi connectivity index (χ1n) is 5.97. The van der Waals surface area contributed by atoms with E-state index in [-0.39, 0.29) is 5.60 Å². The van der Waals surface area contributed by atoms with Crippen molar-refractivity contribution < 1.29 is 4.74 Å². The first-order valence-corrected chi connectivity index (χ1v) is 7.02. The fourth-order valence-corrected chi connectivity index (χ4v) is 3.30. The van der Waals surface area contributed by atoms with Gasteiger partial charge in [-0.1, -0.05) is 6.42 Å². The summed E-state index contributed by atoms with van der Waals surface area (Å²) in [6.45, 7) is 4.27. The standard InChI is InChI=1S/C12H25NOS/c1-12(2,14-3)8-7-10(13)11-6-4-5-9-15-11/h10-11H,4-9,13H2,1-3H3. The van der Waals surface area contributed by atoms with Crippen LogP contribution in [0.3, 0.4) is 0 Å². The predicted molar refractivity (Wildman–Crippen MR) is 68.4 cm³/mol. The van der Waals surface area contributed by atoms with E-state index in [1.54, 1.807) is 7.11 Å². The van der Waals surface area contributed by atoms with Crippen LogP contribution in [0.1, 0.15) is 46.0 Å². The monoisotopic (exact) mass is 231 g/mol. The van der Waals surface area contributed by atoms with Crippen molar-refractivity contribution in [2.45, 2.75) is 62.8 Å². The highest BCUT2D eigenvalue weighted by molar-refractivity contribution is 8.00. The van der Waals surface area contributed by atoms with E-state index in [4.69, 9.17) is 10.5 Å². The van der Waals surface area contributed by atoms with Gasteiger partial charge in [0.2, 0.25) is 0 Å². The third kappa shape index (κ3) is 4.75. The lowest BCUT2D eigenvalue weighted by Gasteiger charge is -2.30. The van der Waals surface area contributed by atoms with Crippen LogP contribution in [0.25, 0.3) is 0 Å². The first kappa shape index (κ1) is 13.3. The molecule has 1 rings (SSSR count). The Bertz CT molecular complexity index is 178. The third-order valence-electron chi connectivity index (χ3n) is 3.32. The number of hydrogen-bond acceptors (Lipinski definition) is 3. The molecule has 2 unspecified atom stereocenters. The van der Waals surface area contributed by atoms with Crippen molar-refractivity contribution in [3.63, 3.8) is 0 Å². The summed E-state index contributed by atoms with van der Waals surface area (Å²) in [7, 11) is 1.78. The van der Waals surface area contributed by atoms with Crippen LogP contribution in [0.15, 0.2) is 0 Å². The van der Waals surface area contributed by atoms with Gasteiger partial charge in [-0.3, -0.25) is 0 Å². The summed E-state index contributed by atoms with van der Waals surface area (Å²) in [4.78, 5) is 0. The fraction of sp³-hybridized carbons (Fsp3) is 1.00. The summed E-state index contributed by atoms with van der Waals surface area (Å²) in [5, 5.41) is 0.686. The zero-order chi connectivity index (χ0) is 11.3. The zero-order valence-electron chi connectivity index (χ0n) is 10.3. The average molecular weight is 231 g/mol. The van der Waals surface area contributed by atoms with Gasteiger partial charge in [0.25, 0.3) is 0 Å². The molecule has 0 aromatic heterocycles. The Morgan fingerprint density at radius 1 is 1.47 bits per heavy atom. The molecule has 0 aromatic rings. The fourth-order valence-electron chi connectivity index (χ4n) is 1.91. The topological polar surface area (TPSA) is 35.2 Å². The van der Waals surface area contributed by atoms with Crippen LogP contribution >= 0.6 is 11.8 Å². The van der Waals surface area contributed by atoms with Crippen molar-refractivity contribution in [1.29, 1.82) is 0 Å². The Labute approximate surface area is 98.3 Å². The molecule has 1 saturated heterocycles. The highest BCUT2D eigenvalue weighted by atomic mass is 32.2. The van der Waals surface area contributed by atoms with E-state index in [0.717, 1.165) is 12.8 Å². The zero-order valence-corrected chi connectivity index (χ0v) is 11.1. The highest BCUT2D eigenvalue weighted by Crippen LogP contribution is 2.29. The van der Waals surface area contributed by atoms with Crippen LogP contribution in [0.5, 0.6) is 0 Å².